The van der Waals surface area contributed by atoms with Crippen LogP contribution in [-0.4, -0.2) is 17.7 Å². The highest BCUT2D eigenvalue weighted by molar-refractivity contribution is 9.10. The van der Waals surface area contributed by atoms with Gasteiger partial charge in [0.15, 0.2) is 5.78 Å². The Morgan fingerprint density at radius 3 is 2.55 bits per heavy atom. The van der Waals surface area contributed by atoms with Gasteiger partial charge in [-0.05, 0) is 35.9 Å². The Hall–Kier alpha value is -2.18. The molecule has 2 unspecified atom stereocenters. The first-order valence-corrected chi connectivity index (χ1v) is 7.44. The third kappa shape index (κ3) is 2.03. The summed E-state index contributed by atoms with van der Waals surface area (Å²) in [5, 5.41) is 6.04. The van der Waals surface area contributed by atoms with Crippen molar-refractivity contribution in [3.63, 3.8) is 0 Å². The molecule has 2 atom stereocenters. The van der Waals surface area contributed by atoms with Gasteiger partial charge in [0.1, 0.15) is 6.04 Å². The number of nitrogens with one attached hydrogen (secondary N) is 2. The number of halogens is 1. The number of para-hydroxylation sites is 1. The van der Waals surface area contributed by atoms with Crippen LogP contribution in [0.1, 0.15) is 21.8 Å². The Kier molecular flexibility index (Phi) is 3.50. The van der Waals surface area contributed by atoms with Crippen LogP contribution < -0.4 is 16.8 Å². The maximum absolute atomic E-state index is 12.6. The fraction of sp³-hybridized carbons (Fsp3) is 0.125. The Balaban J connectivity index is 0.00000144. The maximum Gasteiger partial charge on any atom is 0.234 e. The number of hydrogen-bond donors (Lipinski definition) is 3. The minimum absolute atomic E-state index is 0. The first-order chi connectivity index (χ1) is 10.1. The van der Waals surface area contributed by atoms with Crippen LogP contribution in [0.5, 0.6) is 0 Å². The molecule has 0 aromatic heterocycles. The van der Waals surface area contributed by atoms with Crippen molar-refractivity contribution in [2.45, 2.75) is 12.0 Å². The fourth-order valence-corrected chi connectivity index (χ4v) is 3.43. The molecule has 0 bridgehead atoms. The highest BCUT2D eigenvalue weighted by atomic mass is 79.9. The van der Waals surface area contributed by atoms with E-state index in [4.69, 9.17) is 0 Å². The van der Waals surface area contributed by atoms with E-state index in [1.165, 1.54) is 0 Å². The van der Waals surface area contributed by atoms with Gasteiger partial charge in [-0.2, -0.15) is 0 Å². The van der Waals surface area contributed by atoms with Crippen molar-refractivity contribution in [3.05, 3.63) is 58.1 Å². The van der Waals surface area contributed by atoms with Crippen molar-refractivity contribution in [2.75, 3.05) is 10.6 Å². The summed E-state index contributed by atoms with van der Waals surface area (Å²) in [7, 11) is 0. The quantitative estimate of drug-likeness (QED) is 0.727. The molecule has 0 fully saturated rings. The average Bonchev–Trinajstić information content (AvgIpc) is 2.96. The number of benzene rings is 2. The van der Waals surface area contributed by atoms with Crippen LogP contribution in [0.25, 0.3) is 0 Å². The lowest BCUT2D eigenvalue weighted by Gasteiger charge is -2.16. The van der Waals surface area contributed by atoms with E-state index < -0.39 is 12.0 Å². The van der Waals surface area contributed by atoms with Gasteiger partial charge < -0.3 is 16.8 Å². The van der Waals surface area contributed by atoms with Crippen LogP contribution in [0.15, 0.2) is 46.9 Å². The summed E-state index contributed by atoms with van der Waals surface area (Å²) in [6, 6.07) is 12.4. The van der Waals surface area contributed by atoms with Crippen molar-refractivity contribution in [1.82, 2.24) is 6.15 Å². The predicted molar refractivity (Wildman–Crippen MR) is 88.7 cm³/mol. The van der Waals surface area contributed by atoms with Crippen LogP contribution in [0.2, 0.25) is 0 Å². The number of hydrogen-bond acceptors (Lipinski definition) is 4. The summed E-state index contributed by atoms with van der Waals surface area (Å²) in [5.74, 6) is -0.669. The van der Waals surface area contributed by atoms with E-state index in [1.807, 2.05) is 36.4 Å². The number of rotatable bonds is 1. The number of carbonyl (C=O) groups excluding carboxylic acids is 2. The molecule has 0 radical (unpaired) electrons. The largest absolute Gasteiger partial charge is 0.373 e. The molecule has 0 spiro atoms. The lowest BCUT2D eigenvalue weighted by atomic mass is 9.90. The van der Waals surface area contributed by atoms with Gasteiger partial charge in [-0.15, -0.1) is 0 Å². The molecule has 0 saturated carbocycles. The van der Waals surface area contributed by atoms with Gasteiger partial charge in [-0.3, -0.25) is 9.59 Å². The van der Waals surface area contributed by atoms with Crippen molar-refractivity contribution in [2.24, 2.45) is 0 Å². The Bertz CT molecular complexity index is 791. The zero-order chi connectivity index (χ0) is 14.6. The zero-order valence-corrected chi connectivity index (χ0v) is 13.2. The van der Waals surface area contributed by atoms with Crippen molar-refractivity contribution < 1.29 is 9.59 Å². The summed E-state index contributed by atoms with van der Waals surface area (Å²) < 4.78 is 0.894. The van der Waals surface area contributed by atoms with E-state index in [0.29, 0.717) is 5.56 Å². The molecule has 2 heterocycles. The topological polar surface area (TPSA) is 93.2 Å². The van der Waals surface area contributed by atoms with Crippen LogP contribution in [0, 0.1) is 0 Å². The van der Waals surface area contributed by atoms with Gasteiger partial charge in [0.05, 0.1) is 5.92 Å². The monoisotopic (exact) mass is 359 g/mol. The van der Waals surface area contributed by atoms with E-state index in [9.17, 15) is 9.59 Å². The molecule has 5 N–H and O–H groups in total. The number of carbonyl (C=O) groups is 2. The molecule has 2 aromatic carbocycles. The molecule has 22 heavy (non-hydrogen) atoms. The molecule has 1 amide bonds. The lowest BCUT2D eigenvalue weighted by Crippen LogP contribution is -2.34. The number of anilines is 2. The van der Waals surface area contributed by atoms with Crippen LogP contribution in [0.3, 0.4) is 0 Å². The van der Waals surface area contributed by atoms with Crippen molar-refractivity contribution in [1.29, 1.82) is 0 Å². The van der Waals surface area contributed by atoms with E-state index in [-0.39, 0.29) is 17.8 Å². The minimum Gasteiger partial charge on any atom is -0.373 e. The molecule has 6 heteroatoms. The van der Waals surface area contributed by atoms with Gasteiger partial charge in [0.2, 0.25) is 5.91 Å². The number of ketones is 1. The Morgan fingerprint density at radius 1 is 1.00 bits per heavy atom. The molecule has 0 saturated heterocycles. The molecule has 0 aliphatic carbocycles. The van der Waals surface area contributed by atoms with E-state index in [2.05, 4.69) is 26.6 Å². The fourth-order valence-electron chi connectivity index (χ4n) is 3.05. The molecule has 4 rings (SSSR count). The predicted octanol–water partition coefficient (Wildman–Crippen LogP) is 3.32. The Morgan fingerprint density at radius 2 is 1.77 bits per heavy atom. The normalized spacial score (nSPS) is 21.5. The summed E-state index contributed by atoms with van der Waals surface area (Å²) >= 11 is 3.42. The summed E-state index contributed by atoms with van der Waals surface area (Å²) in [5.41, 5.74) is 3.08. The summed E-state index contributed by atoms with van der Waals surface area (Å²) in [4.78, 5) is 24.9. The number of fused-ring (bicyclic) bond motifs is 2. The van der Waals surface area contributed by atoms with Crippen LogP contribution in [0.4, 0.5) is 11.4 Å². The summed E-state index contributed by atoms with van der Waals surface area (Å²) in [6.07, 6.45) is 0. The van der Waals surface area contributed by atoms with Crippen LogP contribution in [-0.2, 0) is 4.79 Å². The number of Topliss-reactive ketones (excluding diaryl/α,β-unsaturated/α-hetero) is 1. The molecular formula is C16H14BrN3O2. The summed E-state index contributed by atoms with van der Waals surface area (Å²) in [6.45, 7) is 0. The molecular weight excluding hydrogens is 346 g/mol. The van der Waals surface area contributed by atoms with Crippen LogP contribution >= 0.6 is 15.9 Å². The van der Waals surface area contributed by atoms with Gasteiger partial charge in [-0.25, -0.2) is 0 Å². The highest BCUT2D eigenvalue weighted by Gasteiger charge is 2.44. The second-order valence-electron chi connectivity index (χ2n) is 5.23. The van der Waals surface area contributed by atoms with E-state index in [0.717, 1.165) is 21.4 Å². The van der Waals surface area contributed by atoms with Crippen molar-refractivity contribution >= 4 is 39.0 Å². The third-order valence-corrected chi connectivity index (χ3v) is 4.50. The molecule has 2 aromatic rings. The zero-order valence-electron chi connectivity index (χ0n) is 11.6. The van der Waals surface area contributed by atoms with E-state index >= 15 is 0 Å². The SMILES string of the molecule is N.O=C1c2ccccc2NC1C1C(=O)Nc2ccc(Br)cc21. The molecule has 2 aliphatic heterocycles. The second-order valence-corrected chi connectivity index (χ2v) is 6.15. The van der Waals surface area contributed by atoms with E-state index in [1.54, 1.807) is 6.07 Å². The van der Waals surface area contributed by atoms with Gasteiger partial charge in [0, 0.05) is 21.4 Å². The number of amides is 1. The molecule has 5 nitrogen and oxygen atoms in total. The smallest absolute Gasteiger partial charge is 0.234 e. The second kappa shape index (κ2) is 5.23. The average molecular weight is 360 g/mol. The minimum atomic E-state index is -0.544. The molecule has 112 valence electrons. The maximum atomic E-state index is 12.6. The standard InChI is InChI=1S/C16H11BrN2O2.H3N/c17-8-5-6-12-10(7-8)13(16(21)19-12)14-15(20)9-3-1-2-4-11(9)18-14;/h1-7,13-14,18H,(H,19,21);1H3. The first-order valence-electron chi connectivity index (χ1n) is 6.65. The van der Waals surface area contributed by atoms with Crippen molar-refractivity contribution in [3.8, 4) is 0 Å². The lowest BCUT2D eigenvalue weighted by molar-refractivity contribution is -0.117. The Labute approximate surface area is 135 Å². The van der Waals surface area contributed by atoms with Gasteiger partial charge >= 0.3 is 0 Å². The molecule has 2 aliphatic rings. The first kappa shape index (κ1) is 14.7. The van der Waals surface area contributed by atoms with Gasteiger partial charge in [0.25, 0.3) is 0 Å². The highest BCUT2D eigenvalue weighted by Crippen LogP contribution is 2.41. The third-order valence-electron chi connectivity index (χ3n) is 4.01. The van der Waals surface area contributed by atoms with Gasteiger partial charge in [-0.1, -0.05) is 28.1 Å².